The zero-order valence-corrected chi connectivity index (χ0v) is 13.6. The van der Waals surface area contributed by atoms with Gasteiger partial charge in [-0.2, -0.15) is 0 Å². The van der Waals surface area contributed by atoms with Crippen LogP contribution in [0.2, 0.25) is 0 Å². The summed E-state index contributed by atoms with van der Waals surface area (Å²) in [5.74, 6) is 1.66. The highest BCUT2D eigenvalue weighted by molar-refractivity contribution is 7.14. The molecule has 3 nitrogen and oxygen atoms in total. The number of rotatable bonds is 7. The van der Waals surface area contributed by atoms with Gasteiger partial charge < -0.3 is 10.1 Å². The number of carbonyl (C=O) groups is 1. The van der Waals surface area contributed by atoms with Gasteiger partial charge in [-0.15, -0.1) is 11.3 Å². The van der Waals surface area contributed by atoms with E-state index in [4.69, 9.17) is 4.74 Å². The molecule has 116 valence electrons. The highest BCUT2D eigenvalue weighted by Gasteiger charge is 2.21. The van der Waals surface area contributed by atoms with Crippen molar-refractivity contribution < 1.29 is 9.53 Å². The van der Waals surface area contributed by atoms with Gasteiger partial charge in [0.25, 0.3) is 5.91 Å². The van der Waals surface area contributed by atoms with Crippen molar-refractivity contribution in [1.82, 2.24) is 5.32 Å². The first-order valence-corrected chi connectivity index (χ1v) is 9.01. The van der Waals surface area contributed by atoms with Crippen LogP contribution in [0.1, 0.15) is 52.7 Å². The first-order chi connectivity index (χ1) is 10.2. The number of thiophene rings is 1. The predicted octanol–water partition coefficient (Wildman–Crippen LogP) is 3.42. The average Bonchev–Trinajstić information content (AvgIpc) is 3.19. The van der Waals surface area contributed by atoms with Gasteiger partial charge in [0.15, 0.2) is 0 Å². The highest BCUT2D eigenvalue weighted by Crippen LogP contribution is 2.32. The molecular formula is C17H25NO2S. The maximum Gasteiger partial charge on any atom is 0.261 e. The lowest BCUT2D eigenvalue weighted by Crippen LogP contribution is -2.24. The Morgan fingerprint density at radius 3 is 3.10 bits per heavy atom. The third kappa shape index (κ3) is 4.30. The fraction of sp³-hybridized carbons (Fsp3) is 0.706. The molecule has 1 saturated carbocycles. The number of hydrogen-bond acceptors (Lipinski definition) is 3. The molecule has 0 aromatic carbocycles. The van der Waals surface area contributed by atoms with Gasteiger partial charge in [-0.25, -0.2) is 0 Å². The molecule has 4 heteroatoms. The second-order valence-electron chi connectivity index (χ2n) is 6.53. The molecule has 1 aromatic heterocycles. The summed E-state index contributed by atoms with van der Waals surface area (Å²) in [6.45, 7) is 4.67. The van der Waals surface area contributed by atoms with Gasteiger partial charge in [-0.3, -0.25) is 4.79 Å². The lowest BCUT2D eigenvalue weighted by atomic mass is 9.90. The molecule has 0 radical (unpaired) electrons. The molecule has 0 saturated heterocycles. The molecule has 3 rings (SSSR count). The summed E-state index contributed by atoms with van der Waals surface area (Å²) in [7, 11) is 0. The van der Waals surface area contributed by atoms with E-state index in [2.05, 4.69) is 18.3 Å². The molecule has 1 unspecified atom stereocenters. The molecule has 1 fully saturated rings. The minimum absolute atomic E-state index is 0.0873. The quantitative estimate of drug-likeness (QED) is 0.784. The SMILES string of the molecule is CC1CCc2sc(C(=O)NCCCOCC3CC3)cc2C1. The molecular weight excluding hydrogens is 282 g/mol. The van der Waals surface area contributed by atoms with E-state index in [1.807, 2.05) is 0 Å². The second-order valence-corrected chi connectivity index (χ2v) is 7.67. The van der Waals surface area contributed by atoms with Crippen molar-refractivity contribution in [3.8, 4) is 0 Å². The second kappa shape index (κ2) is 6.93. The molecule has 1 amide bonds. The van der Waals surface area contributed by atoms with Crippen LogP contribution in [0, 0.1) is 11.8 Å². The van der Waals surface area contributed by atoms with Crippen molar-refractivity contribution in [2.75, 3.05) is 19.8 Å². The summed E-state index contributed by atoms with van der Waals surface area (Å²) in [5.41, 5.74) is 1.40. The standard InChI is InChI=1S/C17H25NO2S/c1-12-3-6-15-14(9-12)10-16(21-15)17(19)18-7-2-8-20-11-13-4-5-13/h10,12-13H,2-9,11H2,1H3,(H,18,19). The zero-order chi connectivity index (χ0) is 14.7. The van der Waals surface area contributed by atoms with Crippen molar-refractivity contribution in [3.05, 3.63) is 21.4 Å². The largest absolute Gasteiger partial charge is 0.381 e. The molecule has 0 spiro atoms. The summed E-state index contributed by atoms with van der Waals surface area (Å²) in [6.07, 6.45) is 7.10. The van der Waals surface area contributed by atoms with Gasteiger partial charge in [0.05, 0.1) is 4.88 Å². The van der Waals surface area contributed by atoms with Crippen LogP contribution in [-0.2, 0) is 17.6 Å². The Hall–Kier alpha value is -0.870. The van der Waals surface area contributed by atoms with E-state index in [0.29, 0.717) is 6.54 Å². The summed E-state index contributed by atoms with van der Waals surface area (Å²) >= 11 is 1.68. The Bertz CT molecular complexity index is 493. The topological polar surface area (TPSA) is 38.3 Å². The Labute approximate surface area is 131 Å². The van der Waals surface area contributed by atoms with Crippen LogP contribution in [0.5, 0.6) is 0 Å². The maximum atomic E-state index is 12.2. The van der Waals surface area contributed by atoms with Crippen LogP contribution in [-0.4, -0.2) is 25.7 Å². The van der Waals surface area contributed by atoms with Gasteiger partial charge in [-0.05, 0) is 62.0 Å². The summed E-state index contributed by atoms with van der Waals surface area (Å²) in [4.78, 5) is 14.5. The number of fused-ring (bicyclic) bond motifs is 1. The summed E-state index contributed by atoms with van der Waals surface area (Å²) in [6, 6.07) is 2.11. The molecule has 0 aliphatic heterocycles. The van der Waals surface area contributed by atoms with E-state index in [0.717, 1.165) is 49.2 Å². The molecule has 2 aliphatic carbocycles. The molecule has 1 atom stereocenters. The Morgan fingerprint density at radius 2 is 2.29 bits per heavy atom. The van der Waals surface area contributed by atoms with Crippen molar-refractivity contribution >= 4 is 17.2 Å². The Morgan fingerprint density at radius 1 is 1.43 bits per heavy atom. The fourth-order valence-electron chi connectivity index (χ4n) is 2.82. The van der Waals surface area contributed by atoms with Crippen molar-refractivity contribution in [3.63, 3.8) is 0 Å². The van der Waals surface area contributed by atoms with E-state index in [9.17, 15) is 4.79 Å². The molecule has 0 bridgehead atoms. The lowest BCUT2D eigenvalue weighted by Gasteiger charge is -2.16. The van der Waals surface area contributed by atoms with Gasteiger partial charge in [0.1, 0.15) is 0 Å². The smallest absolute Gasteiger partial charge is 0.261 e. The van der Waals surface area contributed by atoms with Crippen LogP contribution in [0.3, 0.4) is 0 Å². The van der Waals surface area contributed by atoms with Crippen LogP contribution in [0.15, 0.2) is 6.07 Å². The van der Waals surface area contributed by atoms with E-state index < -0.39 is 0 Å². The lowest BCUT2D eigenvalue weighted by molar-refractivity contribution is 0.0941. The van der Waals surface area contributed by atoms with Crippen molar-refractivity contribution in [1.29, 1.82) is 0 Å². The number of nitrogens with one attached hydrogen (secondary N) is 1. The van der Waals surface area contributed by atoms with Gasteiger partial charge >= 0.3 is 0 Å². The molecule has 1 aromatic rings. The number of ether oxygens (including phenoxy) is 1. The minimum atomic E-state index is 0.0873. The van der Waals surface area contributed by atoms with Gasteiger partial charge in [0.2, 0.25) is 0 Å². The average molecular weight is 307 g/mol. The third-order valence-corrected chi connectivity index (χ3v) is 5.59. The minimum Gasteiger partial charge on any atom is -0.381 e. The number of hydrogen-bond donors (Lipinski definition) is 1. The summed E-state index contributed by atoms with van der Waals surface area (Å²) in [5, 5.41) is 3.01. The van der Waals surface area contributed by atoms with E-state index in [1.165, 1.54) is 29.7 Å². The third-order valence-electron chi connectivity index (χ3n) is 4.35. The molecule has 1 heterocycles. The van der Waals surface area contributed by atoms with Crippen LogP contribution < -0.4 is 5.32 Å². The molecule has 2 aliphatic rings. The van der Waals surface area contributed by atoms with Crippen LogP contribution in [0.4, 0.5) is 0 Å². The first kappa shape index (κ1) is 15.0. The fourth-order valence-corrected chi connectivity index (χ4v) is 3.94. The van der Waals surface area contributed by atoms with E-state index >= 15 is 0 Å². The number of aryl methyl sites for hydroxylation is 1. The summed E-state index contributed by atoms with van der Waals surface area (Å²) < 4.78 is 5.57. The Balaban J connectivity index is 1.38. The van der Waals surface area contributed by atoms with Crippen molar-refractivity contribution in [2.24, 2.45) is 11.8 Å². The normalized spacial score (nSPS) is 21.1. The molecule has 21 heavy (non-hydrogen) atoms. The zero-order valence-electron chi connectivity index (χ0n) is 12.8. The monoisotopic (exact) mass is 307 g/mol. The Kier molecular flexibility index (Phi) is 4.96. The van der Waals surface area contributed by atoms with Crippen molar-refractivity contribution in [2.45, 2.75) is 45.4 Å². The first-order valence-electron chi connectivity index (χ1n) is 8.20. The van der Waals surface area contributed by atoms with Gasteiger partial charge in [0, 0.05) is 24.6 Å². The van der Waals surface area contributed by atoms with Gasteiger partial charge in [-0.1, -0.05) is 6.92 Å². The van der Waals surface area contributed by atoms with E-state index in [1.54, 1.807) is 11.3 Å². The van der Waals surface area contributed by atoms with Crippen LogP contribution in [0.25, 0.3) is 0 Å². The number of carbonyl (C=O) groups excluding carboxylic acids is 1. The van der Waals surface area contributed by atoms with Crippen LogP contribution >= 0.6 is 11.3 Å². The highest BCUT2D eigenvalue weighted by atomic mass is 32.1. The van der Waals surface area contributed by atoms with E-state index in [-0.39, 0.29) is 5.91 Å². The number of amides is 1. The maximum absolute atomic E-state index is 12.2. The predicted molar refractivity (Wildman–Crippen MR) is 86.0 cm³/mol. The molecule has 1 N–H and O–H groups in total.